The average Bonchev–Trinajstić information content (AvgIpc) is 0.918. The maximum absolute atomic E-state index is 8.35. The molecule has 0 unspecified atom stereocenters. The van der Waals surface area contributed by atoms with Crippen LogP contribution in [-0.4, -0.2) is 5.94 Å². The molecule has 0 aliphatic rings. The van der Waals surface area contributed by atoms with E-state index < -0.39 is 0 Å². The monoisotopic (exact) mass is 158 g/mol. The summed E-state index contributed by atoms with van der Waals surface area (Å²) in [5.41, 5.74) is 0. The third-order valence-electron chi connectivity index (χ3n) is 0. The minimum atomic E-state index is 0. The van der Waals surface area contributed by atoms with Crippen LogP contribution in [0.25, 0.3) is 0 Å². The zero-order chi connectivity index (χ0) is 2.71. The first-order valence-corrected chi connectivity index (χ1v) is 0.454. The van der Waals surface area contributed by atoms with E-state index in [1.54, 1.807) is 0 Å². The number of rotatable bonds is 0. The fraction of sp³-hybridized carbons (Fsp3) is 0. The van der Waals surface area contributed by atoms with Gasteiger partial charge < -0.3 is 0 Å². The molecule has 5 heavy (non-hydrogen) atoms. The fourth-order valence-electron chi connectivity index (χ4n) is 0. The molecule has 0 aromatic carbocycles. The van der Waals surface area contributed by atoms with Gasteiger partial charge in [-0.3, -0.25) is 0 Å². The van der Waals surface area contributed by atoms with Crippen molar-refractivity contribution in [3.63, 3.8) is 0 Å². The Balaban J connectivity index is -0.0000000200. The predicted octanol–water partition coefficient (Wildman–Crippen LogP) is -0.321. The Hall–Kier alpha value is 0.489. The van der Waals surface area contributed by atoms with Crippen LogP contribution >= 0.6 is 0 Å². The molecule has 0 bridgehead atoms. The third kappa shape index (κ3) is 116. The summed E-state index contributed by atoms with van der Waals surface area (Å²) < 4.78 is 0. The molecule has 0 aromatic rings. The summed E-state index contributed by atoms with van der Waals surface area (Å²) in [5.74, 6) is 0.750. The predicted molar refractivity (Wildman–Crippen MR) is 8.94 cm³/mol. The maximum Gasteiger partial charge on any atom is 0.135 e. The molecular weight excluding hydrogens is 159 g/mol. The van der Waals surface area contributed by atoms with Crippen LogP contribution in [0.1, 0.15) is 0 Å². The first-order chi connectivity index (χ1) is 1.41. The van der Waals surface area contributed by atoms with Crippen molar-refractivity contribution in [2.75, 3.05) is 0 Å². The van der Waals surface area contributed by atoms with Gasteiger partial charge in [0, 0.05) is 34.1 Å². The summed E-state index contributed by atoms with van der Waals surface area (Å²) >= 11 is 0. The summed E-state index contributed by atoms with van der Waals surface area (Å²) in [6.45, 7) is 5.40. The fourth-order valence-corrected chi connectivity index (χ4v) is 0. The Labute approximate surface area is 51.8 Å². The summed E-state index contributed by atoms with van der Waals surface area (Å²) in [6, 6.07) is 0. The zero-order valence-electron chi connectivity index (χ0n) is 2.09. The molecule has 0 aliphatic carbocycles. The molecule has 0 aliphatic heterocycles. The molecule has 0 saturated carbocycles. The largest absolute Gasteiger partial charge is 0.233 e. The van der Waals surface area contributed by atoms with Crippen LogP contribution in [0, 0.1) is 6.58 Å². The van der Waals surface area contributed by atoms with Gasteiger partial charge >= 0.3 is 0 Å². The molecule has 0 spiro atoms. The number of hydrogen-bond donors (Lipinski definition) is 0. The van der Waals surface area contributed by atoms with Crippen LogP contribution < -0.4 is 0 Å². The second-order valence-corrected chi connectivity index (χ2v) is 0.102. The first-order valence-electron chi connectivity index (χ1n) is 0.454. The van der Waals surface area contributed by atoms with E-state index in [-0.39, 0.29) is 34.1 Å². The van der Waals surface area contributed by atoms with Crippen molar-refractivity contribution in [2.24, 2.45) is 0 Å². The van der Waals surface area contributed by atoms with E-state index in [0.29, 0.717) is 0 Å². The molecule has 0 heterocycles. The van der Waals surface area contributed by atoms with E-state index in [2.05, 4.69) is 0 Å². The summed E-state index contributed by atoms with van der Waals surface area (Å²) in [4.78, 5) is 8.35. The smallest absolute Gasteiger partial charge is 0.135 e. The van der Waals surface area contributed by atoms with Gasteiger partial charge in [-0.25, -0.2) is 4.79 Å². The van der Waals surface area contributed by atoms with E-state index in [9.17, 15) is 0 Å². The van der Waals surface area contributed by atoms with E-state index in [1.807, 2.05) is 0 Å². The molecule has 0 amide bonds. The second-order valence-electron chi connectivity index (χ2n) is 0.102. The average molecular weight is 159 g/mol. The zero-order valence-corrected chi connectivity index (χ0v) is 4.21. The molecule has 32 valence electrons. The van der Waals surface area contributed by atoms with Crippen molar-refractivity contribution >= 4 is 5.94 Å². The Morgan fingerprint density at radius 1 is 1.60 bits per heavy atom. The van der Waals surface area contributed by atoms with E-state index >= 15 is 0 Å². The standard InChI is InChI=1S/C2O.Cu.Mn/c1-2-3;;. The Bertz CT molecular complexity index is 30.6. The molecule has 1 nitrogen and oxygen atoms in total. The van der Waals surface area contributed by atoms with Crippen LogP contribution in [0.3, 0.4) is 0 Å². The van der Waals surface area contributed by atoms with E-state index in [1.165, 1.54) is 0 Å². The molecule has 0 rings (SSSR count). The molecule has 4 radical (unpaired) electrons. The van der Waals surface area contributed by atoms with Crippen LogP contribution in [0.15, 0.2) is 0 Å². The van der Waals surface area contributed by atoms with Crippen LogP contribution in [0.5, 0.6) is 0 Å². The Morgan fingerprint density at radius 2 is 1.60 bits per heavy atom. The minimum absolute atomic E-state index is 0. The van der Waals surface area contributed by atoms with E-state index in [4.69, 9.17) is 11.4 Å². The van der Waals surface area contributed by atoms with Gasteiger partial charge in [-0.05, 0) is 0 Å². The summed E-state index contributed by atoms with van der Waals surface area (Å²) in [7, 11) is 0. The van der Waals surface area contributed by atoms with Crippen molar-refractivity contribution in [3.8, 4) is 0 Å². The van der Waals surface area contributed by atoms with Gasteiger partial charge in [0.25, 0.3) is 0 Å². The van der Waals surface area contributed by atoms with Crippen molar-refractivity contribution in [1.29, 1.82) is 0 Å². The second kappa shape index (κ2) is 24.6. The van der Waals surface area contributed by atoms with E-state index in [0.717, 1.165) is 5.94 Å². The van der Waals surface area contributed by atoms with Gasteiger partial charge in [0.05, 0.1) is 6.58 Å². The van der Waals surface area contributed by atoms with Crippen molar-refractivity contribution in [1.82, 2.24) is 0 Å². The van der Waals surface area contributed by atoms with Gasteiger partial charge in [0.15, 0.2) is 0 Å². The van der Waals surface area contributed by atoms with Gasteiger partial charge in [-0.1, -0.05) is 0 Å². The first kappa shape index (κ1) is 17.9. The molecule has 0 N–H and O–H groups in total. The third-order valence-corrected chi connectivity index (χ3v) is 0. The van der Waals surface area contributed by atoms with Crippen LogP contribution in [0.2, 0.25) is 0 Å². The van der Waals surface area contributed by atoms with Crippen molar-refractivity contribution in [2.45, 2.75) is 0 Å². The van der Waals surface area contributed by atoms with Crippen molar-refractivity contribution in [3.05, 3.63) is 6.58 Å². The Kier molecular flexibility index (Phi) is 88.0. The molecule has 3 heteroatoms. The quantitative estimate of drug-likeness (QED) is 0.349. The van der Waals surface area contributed by atoms with Crippen molar-refractivity contribution < 1.29 is 38.9 Å². The van der Waals surface area contributed by atoms with Crippen LogP contribution in [-0.2, 0) is 38.9 Å². The van der Waals surface area contributed by atoms with Gasteiger partial charge in [-0.15, -0.1) is 0 Å². The molecule has 0 aromatic heterocycles. The SMILES string of the molecule is [C]=C=O.[Cu].[Mn]. The molecule has 0 saturated heterocycles. The number of carbonyl (C=O) groups excluding carboxylic acids is 1. The number of hydrogen-bond acceptors (Lipinski definition) is 1. The normalized spacial score (nSPS) is 1.60. The van der Waals surface area contributed by atoms with Crippen LogP contribution in [0.4, 0.5) is 0 Å². The van der Waals surface area contributed by atoms with Gasteiger partial charge in [0.2, 0.25) is 0 Å². The Morgan fingerprint density at radius 3 is 1.60 bits per heavy atom. The molecule has 0 fully saturated rings. The maximum atomic E-state index is 8.35. The molecular formula is C2CuMnO. The topological polar surface area (TPSA) is 17.1 Å². The van der Waals surface area contributed by atoms with Gasteiger partial charge in [-0.2, -0.15) is 0 Å². The molecule has 0 atom stereocenters. The minimum Gasteiger partial charge on any atom is -0.233 e. The summed E-state index contributed by atoms with van der Waals surface area (Å²) in [5, 5.41) is 0. The van der Waals surface area contributed by atoms with Gasteiger partial charge in [0.1, 0.15) is 5.94 Å². The summed E-state index contributed by atoms with van der Waals surface area (Å²) in [6.07, 6.45) is 0.